The SMILES string of the molecule is Cc1ccc(C)c([C@@H](O)CN2CCN([C@H]3CCCN(C)C3)CC2)c1. The Morgan fingerprint density at radius 1 is 1.12 bits per heavy atom. The summed E-state index contributed by atoms with van der Waals surface area (Å²) in [5.74, 6) is 0. The number of piperidine rings is 1. The maximum Gasteiger partial charge on any atom is 0.0919 e. The number of piperazine rings is 1. The van der Waals surface area contributed by atoms with Crippen molar-refractivity contribution in [3.05, 3.63) is 34.9 Å². The number of aliphatic hydroxyl groups excluding tert-OH is 1. The molecule has 4 heteroatoms. The fourth-order valence-electron chi connectivity index (χ4n) is 4.21. The van der Waals surface area contributed by atoms with Crippen molar-refractivity contribution in [1.29, 1.82) is 0 Å². The van der Waals surface area contributed by atoms with Gasteiger partial charge in [0.25, 0.3) is 0 Å². The minimum absolute atomic E-state index is 0.378. The monoisotopic (exact) mass is 331 g/mol. The lowest BCUT2D eigenvalue weighted by atomic mass is 10.00. The predicted molar refractivity (Wildman–Crippen MR) is 99.4 cm³/mol. The number of aryl methyl sites for hydroxylation is 2. The van der Waals surface area contributed by atoms with E-state index in [-0.39, 0.29) is 6.10 Å². The average molecular weight is 332 g/mol. The third-order valence-electron chi connectivity index (χ3n) is 5.75. The van der Waals surface area contributed by atoms with Crippen LogP contribution in [0.2, 0.25) is 0 Å². The number of hydrogen-bond acceptors (Lipinski definition) is 4. The predicted octanol–water partition coefficient (Wildman–Crippen LogP) is 2.05. The summed E-state index contributed by atoms with van der Waals surface area (Å²) < 4.78 is 0. The molecular formula is C20H33N3O. The first-order chi connectivity index (χ1) is 11.5. The van der Waals surface area contributed by atoms with E-state index in [4.69, 9.17) is 0 Å². The number of nitrogens with zero attached hydrogens (tertiary/aromatic N) is 3. The van der Waals surface area contributed by atoms with Gasteiger partial charge in [-0.15, -0.1) is 0 Å². The second-order valence-electron chi connectivity index (χ2n) is 7.77. The first kappa shape index (κ1) is 17.9. The van der Waals surface area contributed by atoms with E-state index in [0.717, 1.165) is 44.3 Å². The Morgan fingerprint density at radius 3 is 2.58 bits per heavy atom. The average Bonchev–Trinajstić information content (AvgIpc) is 2.57. The number of rotatable bonds is 4. The molecule has 2 aliphatic heterocycles. The molecule has 2 saturated heterocycles. The minimum atomic E-state index is -0.378. The van der Waals surface area contributed by atoms with E-state index < -0.39 is 0 Å². The molecule has 0 amide bonds. The van der Waals surface area contributed by atoms with Crippen LogP contribution in [0.15, 0.2) is 18.2 Å². The van der Waals surface area contributed by atoms with E-state index in [0.29, 0.717) is 0 Å². The third kappa shape index (κ3) is 4.37. The Hall–Kier alpha value is -0.940. The second-order valence-corrected chi connectivity index (χ2v) is 7.77. The number of β-amino-alcohol motifs (C(OH)–C–C–N with tert-alkyl or cyclic N) is 1. The van der Waals surface area contributed by atoms with Gasteiger partial charge in [-0.25, -0.2) is 0 Å². The molecule has 0 aromatic heterocycles. The van der Waals surface area contributed by atoms with Gasteiger partial charge in [0.05, 0.1) is 6.10 Å². The molecule has 0 unspecified atom stereocenters. The van der Waals surface area contributed by atoms with Crippen LogP contribution in [0.25, 0.3) is 0 Å². The van der Waals surface area contributed by atoms with Crippen molar-refractivity contribution in [2.75, 3.05) is 52.9 Å². The zero-order valence-electron chi connectivity index (χ0n) is 15.5. The summed E-state index contributed by atoms with van der Waals surface area (Å²) in [5, 5.41) is 10.7. The lowest BCUT2D eigenvalue weighted by Gasteiger charge is -2.43. The van der Waals surface area contributed by atoms with Crippen molar-refractivity contribution in [2.24, 2.45) is 0 Å². The zero-order valence-corrected chi connectivity index (χ0v) is 15.5. The number of hydrogen-bond donors (Lipinski definition) is 1. The summed E-state index contributed by atoms with van der Waals surface area (Å²) in [6.07, 6.45) is 2.29. The molecule has 1 N–H and O–H groups in total. The van der Waals surface area contributed by atoms with Crippen LogP contribution in [0, 0.1) is 13.8 Å². The Bertz CT molecular complexity index is 540. The molecule has 2 atom stereocenters. The minimum Gasteiger partial charge on any atom is -0.387 e. The van der Waals surface area contributed by atoms with Crippen molar-refractivity contribution in [3.8, 4) is 0 Å². The van der Waals surface area contributed by atoms with Crippen LogP contribution in [-0.2, 0) is 0 Å². The Labute approximate surface area is 147 Å². The highest BCUT2D eigenvalue weighted by Crippen LogP contribution is 2.22. The van der Waals surface area contributed by atoms with Gasteiger partial charge in [-0.3, -0.25) is 9.80 Å². The van der Waals surface area contributed by atoms with E-state index >= 15 is 0 Å². The number of aliphatic hydroxyl groups is 1. The highest BCUT2D eigenvalue weighted by atomic mass is 16.3. The van der Waals surface area contributed by atoms with Crippen LogP contribution < -0.4 is 0 Å². The topological polar surface area (TPSA) is 30.0 Å². The quantitative estimate of drug-likeness (QED) is 0.915. The molecule has 4 nitrogen and oxygen atoms in total. The van der Waals surface area contributed by atoms with E-state index in [2.05, 4.69) is 53.8 Å². The van der Waals surface area contributed by atoms with Crippen LogP contribution in [-0.4, -0.2) is 78.7 Å². The van der Waals surface area contributed by atoms with Gasteiger partial charge < -0.3 is 10.0 Å². The van der Waals surface area contributed by atoms with Crippen molar-refractivity contribution < 1.29 is 5.11 Å². The van der Waals surface area contributed by atoms with Gasteiger partial charge in [0.15, 0.2) is 0 Å². The lowest BCUT2D eigenvalue weighted by molar-refractivity contribution is 0.0369. The van der Waals surface area contributed by atoms with Gasteiger partial charge in [-0.1, -0.05) is 23.8 Å². The molecule has 0 saturated carbocycles. The van der Waals surface area contributed by atoms with E-state index in [1.807, 2.05) is 0 Å². The van der Waals surface area contributed by atoms with Gasteiger partial charge >= 0.3 is 0 Å². The van der Waals surface area contributed by atoms with Crippen LogP contribution in [0.1, 0.15) is 35.6 Å². The largest absolute Gasteiger partial charge is 0.387 e. The fourth-order valence-corrected chi connectivity index (χ4v) is 4.21. The van der Waals surface area contributed by atoms with E-state index in [9.17, 15) is 5.11 Å². The molecule has 0 radical (unpaired) electrons. The molecule has 2 aliphatic rings. The van der Waals surface area contributed by atoms with Crippen molar-refractivity contribution >= 4 is 0 Å². The first-order valence-electron chi connectivity index (χ1n) is 9.43. The van der Waals surface area contributed by atoms with Crippen molar-refractivity contribution in [1.82, 2.24) is 14.7 Å². The van der Waals surface area contributed by atoms with Crippen LogP contribution >= 0.6 is 0 Å². The number of benzene rings is 1. The first-order valence-corrected chi connectivity index (χ1v) is 9.43. The zero-order chi connectivity index (χ0) is 17.1. The Kier molecular flexibility index (Phi) is 5.93. The molecule has 0 bridgehead atoms. The molecule has 134 valence electrons. The van der Waals surface area contributed by atoms with Gasteiger partial charge in [-0.05, 0) is 51.4 Å². The summed E-state index contributed by atoms with van der Waals surface area (Å²) in [6.45, 7) is 11.8. The van der Waals surface area contributed by atoms with Crippen LogP contribution in [0.5, 0.6) is 0 Å². The summed E-state index contributed by atoms with van der Waals surface area (Å²) in [6, 6.07) is 7.10. The fraction of sp³-hybridized carbons (Fsp3) is 0.700. The maximum atomic E-state index is 10.7. The maximum absolute atomic E-state index is 10.7. The molecule has 24 heavy (non-hydrogen) atoms. The van der Waals surface area contributed by atoms with Crippen LogP contribution in [0.4, 0.5) is 0 Å². The normalized spacial score (nSPS) is 25.8. The van der Waals surface area contributed by atoms with Gasteiger partial charge in [0.1, 0.15) is 0 Å². The van der Waals surface area contributed by atoms with Gasteiger partial charge in [0, 0.05) is 45.3 Å². The molecule has 1 aromatic carbocycles. The summed E-state index contributed by atoms with van der Waals surface area (Å²) in [4.78, 5) is 7.55. The van der Waals surface area contributed by atoms with Gasteiger partial charge in [0.2, 0.25) is 0 Å². The molecule has 3 rings (SSSR count). The van der Waals surface area contributed by atoms with Crippen molar-refractivity contribution in [2.45, 2.75) is 38.8 Å². The van der Waals surface area contributed by atoms with Gasteiger partial charge in [-0.2, -0.15) is 0 Å². The van der Waals surface area contributed by atoms with Crippen molar-refractivity contribution in [3.63, 3.8) is 0 Å². The molecule has 2 heterocycles. The van der Waals surface area contributed by atoms with E-state index in [1.165, 1.54) is 37.1 Å². The highest BCUT2D eigenvalue weighted by molar-refractivity contribution is 5.32. The Balaban J connectivity index is 1.50. The molecule has 0 aliphatic carbocycles. The molecular weight excluding hydrogens is 298 g/mol. The Morgan fingerprint density at radius 2 is 1.88 bits per heavy atom. The number of likely N-dealkylation sites (N-methyl/N-ethyl adjacent to an activating group) is 1. The third-order valence-corrected chi connectivity index (χ3v) is 5.75. The molecule has 0 spiro atoms. The lowest BCUT2D eigenvalue weighted by Crippen LogP contribution is -2.54. The standard InChI is InChI=1S/C20H33N3O/c1-16-6-7-17(2)19(13-16)20(24)15-22-9-11-23(12-10-22)18-5-4-8-21(3)14-18/h6-7,13,18,20,24H,4-5,8-12,14-15H2,1-3H3/t18-,20-/m0/s1. The second kappa shape index (κ2) is 7.96. The smallest absolute Gasteiger partial charge is 0.0919 e. The molecule has 1 aromatic rings. The summed E-state index contributed by atoms with van der Waals surface area (Å²) in [7, 11) is 2.24. The summed E-state index contributed by atoms with van der Waals surface area (Å²) >= 11 is 0. The molecule has 2 fully saturated rings. The van der Waals surface area contributed by atoms with Crippen LogP contribution in [0.3, 0.4) is 0 Å². The summed E-state index contributed by atoms with van der Waals surface area (Å²) in [5.41, 5.74) is 3.50. The van der Waals surface area contributed by atoms with E-state index in [1.54, 1.807) is 0 Å². The number of likely N-dealkylation sites (tertiary alicyclic amines) is 1. The highest BCUT2D eigenvalue weighted by Gasteiger charge is 2.27.